The Hall–Kier alpha value is -3.12. The lowest BCUT2D eigenvalue weighted by molar-refractivity contribution is -0.136. The van der Waals surface area contributed by atoms with Crippen LogP contribution >= 0.6 is 0 Å². The third-order valence-corrected chi connectivity index (χ3v) is 5.50. The first-order chi connectivity index (χ1) is 13.0. The maximum atomic E-state index is 12.8. The van der Waals surface area contributed by atoms with Gasteiger partial charge in [-0.15, -0.1) is 0 Å². The molecular weight excluding hydrogens is 362 g/mol. The number of hydrogen-bond acceptors (Lipinski definition) is 3. The summed E-state index contributed by atoms with van der Waals surface area (Å²) >= 11 is 0. The van der Waals surface area contributed by atoms with Crippen molar-refractivity contribution in [3.05, 3.63) is 84.4 Å². The van der Waals surface area contributed by atoms with Gasteiger partial charge >= 0.3 is 5.97 Å². The summed E-state index contributed by atoms with van der Waals surface area (Å²) in [5.74, 6) is -0.883. The molecule has 0 amide bonds. The molecule has 27 heavy (non-hydrogen) atoms. The normalized spacial score (nSPS) is 11.1. The van der Waals surface area contributed by atoms with E-state index in [0.717, 1.165) is 16.7 Å². The monoisotopic (exact) mass is 381 g/mol. The van der Waals surface area contributed by atoms with E-state index in [4.69, 9.17) is 5.11 Å². The predicted molar refractivity (Wildman–Crippen MR) is 105 cm³/mol. The molecule has 6 heteroatoms. The minimum atomic E-state index is -3.76. The molecule has 0 bridgehead atoms. The van der Waals surface area contributed by atoms with Gasteiger partial charge in [-0.05, 0) is 35.7 Å². The van der Waals surface area contributed by atoms with Crippen molar-refractivity contribution in [3.63, 3.8) is 0 Å². The molecule has 3 aromatic rings. The first-order valence-electron chi connectivity index (χ1n) is 8.44. The number of aliphatic carboxylic acids is 1. The first-order valence-corrected chi connectivity index (χ1v) is 9.92. The number of rotatable bonds is 7. The fourth-order valence-corrected chi connectivity index (χ4v) is 3.81. The average molecular weight is 381 g/mol. The smallest absolute Gasteiger partial charge is 0.303 e. The minimum absolute atomic E-state index is 0.00873. The van der Waals surface area contributed by atoms with Crippen molar-refractivity contribution in [1.82, 2.24) is 0 Å². The van der Waals surface area contributed by atoms with Crippen LogP contribution in [0.1, 0.15) is 12.0 Å². The zero-order chi connectivity index (χ0) is 19.3. The Bertz CT molecular complexity index is 1030. The number of carboxylic acid groups (broad SMARTS) is 1. The van der Waals surface area contributed by atoms with E-state index in [9.17, 15) is 13.2 Å². The fraction of sp³-hybridized carbons (Fsp3) is 0.0952. The van der Waals surface area contributed by atoms with Crippen LogP contribution in [-0.2, 0) is 21.2 Å². The minimum Gasteiger partial charge on any atom is -0.481 e. The molecule has 3 aromatic carbocycles. The van der Waals surface area contributed by atoms with Crippen LogP contribution in [0.2, 0.25) is 0 Å². The molecule has 0 saturated carbocycles. The Morgan fingerprint density at radius 2 is 1.48 bits per heavy atom. The molecule has 0 aliphatic heterocycles. The summed E-state index contributed by atoms with van der Waals surface area (Å²) < 4.78 is 28.2. The number of para-hydroxylation sites is 1. The van der Waals surface area contributed by atoms with Crippen LogP contribution in [0.3, 0.4) is 0 Å². The molecule has 0 atom stereocenters. The molecule has 5 nitrogen and oxygen atoms in total. The van der Waals surface area contributed by atoms with Gasteiger partial charge in [0.15, 0.2) is 0 Å². The molecule has 0 unspecified atom stereocenters. The summed E-state index contributed by atoms with van der Waals surface area (Å²) in [5, 5.41) is 8.74. The number of hydrogen-bond donors (Lipinski definition) is 2. The summed E-state index contributed by atoms with van der Waals surface area (Å²) in [7, 11) is -3.76. The molecule has 0 fully saturated rings. The van der Waals surface area contributed by atoms with Crippen LogP contribution < -0.4 is 4.72 Å². The number of anilines is 1. The quantitative estimate of drug-likeness (QED) is 0.643. The van der Waals surface area contributed by atoms with Crippen molar-refractivity contribution in [2.24, 2.45) is 0 Å². The summed E-state index contributed by atoms with van der Waals surface area (Å²) in [4.78, 5) is 10.8. The number of sulfonamides is 1. The molecule has 0 aromatic heterocycles. The number of carbonyl (C=O) groups is 1. The number of nitrogens with one attached hydrogen (secondary N) is 1. The lowest BCUT2D eigenvalue weighted by Crippen LogP contribution is -2.13. The van der Waals surface area contributed by atoms with Crippen LogP contribution in [-0.4, -0.2) is 19.5 Å². The van der Waals surface area contributed by atoms with Crippen molar-refractivity contribution in [2.45, 2.75) is 17.7 Å². The van der Waals surface area contributed by atoms with E-state index in [-0.39, 0.29) is 11.3 Å². The largest absolute Gasteiger partial charge is 0.481 e. The van der Waals surface area contributed by atoms with Gasteiger partial charge in [-0.3, -0.25) is 9.52 Å². The second-order valence-electron chi connectivity index (χ2n) is 6.05. The molecule has 138 valence electrons. The molecule has 0 spiro atoms. The molecular formula is C21H19NO4S. The Morgan fingerprint density at radius 1 is 0.852 bits per heavy atom. The molecule has 0 radical (unpaired) electrons. The van der Waals surface area contributed by atoms with E-state index in [2.05, 4.69) is 4.72 Å². The molecule has 2 N–H and O–H groups in total. The van der Waals surface area contributed by atoms with Gasteiger partial charge in [0.2, 0.25) is 0 Å². The number of benzene rings is 3. The van der Waals surface area contributed by atoms with Gasteiger partial charge in [0.25, 0.3) is 10.0 Å². The SMILES string of the molecule is O=C(O)CCc1ccc(S(=O)(=O)Nc2ccccc2-c2ccccc2)cc1. The van der Waals surface area contributed by atoms with Crippen LogP contribution in [0.5, 0.6) is 0 Å². The van der Waals surface area contributed by atoms with E-state index in [0.29, 0.717) is 12.1 Å². The van der Waals surface area contributed by atoms with Gasteiger partial charge in [-0.1, -0.05) is 60.7 Å². The Kier molecular flexibility index (Phi) is 5.57. The Labute approximate surface area is 158 Å². The topological polar surface area (TPSA) is 83.5 Å². The van der Waals surface area contributed by atoms with Gasteiger partial charge in [-0.25, -0.2) is 8.42 Å². The average Bonchev–Trinajstić information content (AvgIpc) is 2.67. The van der Waals surface area contributed by atoms with Crippen molar-refractivity contribution in [2.75, 3.05) is 4.72 Å². The highest BCUT2D eigenvalue weighted by atomic mass is 32.2. The molecule has 0 aliphatic carbocycles. The summed E-state index contributed by atoms with van der Waals surface area (Å²) in [5.41, 5.74) is 2.99. The zero-order valence-electron chi connectivity index (χ0n) is 14.5. The van der Waals surface area contributed by atoms with Crippen LogP contribution in [0.25, 0.3) is 11.1 Å². The summed E-state index contributed by atoms with van der Waals surface area (Å²) in [6.07, 6.45) is 0.370. The van der Waals surface area contributed by atoms with E-state index in [1.807, 2.05) is 42.5 Å². The summed E-state index contributed by atoms with van der Waals surface area (Å²) in [6, 6.07) is 23.0. The van der Waals surface area contributed by atoms with Gasteiger partial charge in [-0.2, -0.15) is 0 Å². The fourth-order valence-electron chi connectivity index (χ4n) is 2.73. The predicted octanol–water partition coefficient (Wildman–Crippen LogP) is 4.17. The van der Waals surface area contributed by atoms with Crippen molar-refractivity contribution in [1.29, 1.82) is 0 Å². The van der Waals surface area contributed by atoms with Crippen molar-refractivity contribution >= 4 is 21.7 Å². The Balaban J connectivity index is 1.84. The van der Waals surface area contributed by atoms with Gasteiger partial charge < -0.3 is 5.11 Å². The van der Waals surface area contributed by atoms with Gasteiger partial charge in [0.1, 0.15) is 0 Å². The van der Waals surface area contributed by atoms with E-state index in [1.165, 1.54) is 12.1 Å². The highest BCUT2D eigenvalue weighted by Gasteiger charge is 2.16. The van der Waals surface area contributed by atoms with Crippen LogP contribution in [0.15, 0.2) is 83.8 Å². The standard InChI is InChI=1S/C21H19NO4S/c23-21(24)15-12-16-10-13-18(14-11-16)27(25,26)22-20-9-5-4-8-19(20)17-6-2-1-3-7-17/h1-11,13-14,22H,12,15H2,(H,23,24). The van der Waals surface area contributed by atoms with E-state index >= 15 is 0 Å². The maximum absolute atomic E-state index is 12.8. The van der Waals surface area contributed by atoms with Crippen LogP contribution in [0, 0.1) is 0 Å². The lowest BCUT2D eigenvalue weighted by atomic mass is 10.0. The van der Waals surface area contributed by atoms with Gasteiger partial charge in [0.05, 0.1) is 10.6 Å². The molecule has 0 aliphatic rings. The lowest BCUT2D eigenvalue weighted by Gasteiger charge is -2.13. The van der Waals surface area contributed by atoms with E-state index in [1.54, 1.807) is 24.3 Å². The highest BCUT2D eigenvalue weighted by molar-refractivity contribution is 7.92. The number of aryl methyl sites for hydroxylation is 1. The highest BCUT2D eigenvalue weighted by Crippen LogP contribution is 2.29. The maximum Gasteiger partial charge on any atom is 0.303 e. The second kappa shape index (κ2) is 8.05. The van der Waals surface area contributed by atoms with Crippen LogP contribution in [0.4, 0.5) is 5.69 Å². The zero-order valence-corrected chi connectivity index (χ0v) is 15.3. The number of carboxylic acids is 1. The Morgan fingerprint density at radius 3 is 2.15 bits per heavy atom. The van der Waals surface area contributed by atoms with Gasteiger partial charge in [0, 0.05) is 12.0 Å². The molecule has 0 saturated heterocycles. The molecule has 3 rings (SSSR count). The first kappa shape index (κ1) is 18.7. The summed E-state index contributed by atoms with van der Waals surface area (Å²) in [6.45, 7) is 0. The third kappa shape index (κ3) is 4.74. The molecule has 0 heterocycles. The third-order valence-electron chi connectivity index (χ3n) is 4.12. The second-order valence-corrected chi connectivity index (χ2v) is 7.74. The van der Waals surface area contributed by atoms with Crippen molar-refractivity contribution in [3.8, 4) is 11.1 Å². The van der Waals surface area contributed by atoms with Crippen molar-refractivity contribution < 1.29 is 18.3 Å². The van der Waals surface area contributed by atoms with E-state index < -0.39 is 16.0 Å².